The summed E-state index contributed by atoms with van der Waals surface area (Å²) in [5.41, 5.74) is 1.09. The van der Waals surface area contributed by atoms with Gasteiger partial charge in [-0.15, -0.1) is 0 Å². The summed E-state index contributed by atoms with van der Waals surface area (Å²) in [5.74, 6) is -0.182. The van der Waals surface area contributed by atoms with Crippen LogP contribution in [-0.2, 0) is 22.2 Å². The number of hydrogen-bond acceptors (Lipinski definition) is 2. The molecule has 0 radical (unpaired) electrons. The number of hydrogen-bond donors (Lipinski definition) is 1. The van der Waals surface area contributed by atoms with Crippen molar-refractivity contribution in [3.05, 3.63) is 34.3 Å². The zero-order chi connectivity index (χ0) is 11.3. The molecule has 0 aliphatic rings. The molecule has 5 heteroatoms. The van der Waals surface area contributed by atoms with E-state index < -0.39 is 11.0 Å². The van der Waals surface area contributed by atoms with Crippen molar-refractivity contribution in [3.8, 4) is 0 Å². The van der Waals surface area contributed by atoms with Crippen molar-refractivity contribution in [1.29, 1.82) is 0 Å². The summed E-state index contributed by atoms with van der Waals surface area (Å²) in [6.45, 7) is 0. The van der Waals surface area contributed by atoms with E-state index in [0.717, 1.165) is 10.0 Å². The van der Waals surface area contributed by atoms with E-state index in [0.29, 0.717) is 12.8 Å². The first kappa shape index (κ1) is 12.4. The number of benzene rings is 1. The Kier molecular flexibility index (Phi) is 4.98. The molecule has 1 N–H and O–H groups in total. The second-order valence-corrected chi connectivity index (χ2v) is 5.13. The van der Waals surface area contributed by atoms with Crippen molar-refractivity contribution >= 4 is 32.8 Å². The minimum absolute atomic E-state index is 0.182. The minimum atomic E-state index is -1.26. The minimum Gasteiger partial charge on any atom is -0.275 e. The van der Waals surface area contributed by atoms with Crippen LogP contribution in [0.1, 0.15) is 12.0 Å². The Hall–Kier alpha value is -0.680. The average molecular weight is 290 g/mol. The molecular weight excluding hydrogens is 278 g/mol. The molecule has 0 bridgehead atoms. The van der Waals surface area contributed by atoms with Crippen molar-refractivity contribution in [2.75, 3.05) is 6.26 Å². The Bertz CT molecular complexity index is 364. The van der Waals surface area contributed by atoms with Gasteiger partial charge in [-0.25, -0.2) is 4.21 Å². The summed E-state index contributed by atoms with van der Waals surface area (Å²) in [5, 5.41) is 0. The summed E-state index contributed by atoms with van der Waals surface area (Å²) >= 11 is 3.34. The van der Waals surface area contributed by atoms with E-state index in [1.54, 1.807) is 0 Å². The van der Waals surface area contributed by atoms with Crippen molar-refractivity contribution < 1.29 is 9.00 Å². The van der Waals surface area contributed by atoms with Gasteiger partial charge in [0.25, 0.3) is 0 Å². The summed E-state index contributed by atoms with van der Waals surface area (Å²) in [7, 11) is -1.26. The molecule has 0 aliphatic heterocycles. The van der Waals surface area contributed by atoms with Crippen LogP contribution in [0.2, 0.25) is 0 Å². The maximum atomic E-state index is 11.2. The Morgan fingerprint density at radius 3 is 2.53 bits per heavy atom. The van der Waals surface area contributed by atoms with Gasteiger partial charge in [-0.3, -0.25) is 9.52 Å². The van der Waals surface area contributed by atoms with E-state index >= 15 is 0 Å². The number of halogens is 1. The van der Waals surface area contributed by atoms with E-state index in [2.05, 4.69) is 20.7 Å². The van der Waals surface area contributed by atoms with Crippen LogP contribution in [0.15, 0.2) is 28.7 Å². The number of carbonyl (C=O) groups is 1. The first-order valence-corrected chi connectivity index (χ1v) is 6.80. The summed E-state index contributed by atoms with van der Waals surface area (Å²) in [6.07, 6.45) is 2.47. The van der Waals surface area contributed by atoms with Crippen LogP contribution < -0.4 is 4.72 Å². The first-order valence-electron chi connectivity index (χ1n) is 4.45. The van der Waals surface area contributed by atoms with Gasteiger partial charge in [0.15, 0.2) is 0 Å². The number of nitrogens with one attached hydrogen (secondary N) is 1. The second kappa shape index (κ2) is 6.02. The molecule has 1 unspecified atom stereocenters. The largest absolute Gasteiger partial charge is 0.275 e. The molecule has 0 saturated heterocycles. The summed E-state index contributed by atoms with van der Waals surface area (Å²) in [6, 6.07) is 7.79. The highest BCUT2D eigenvalue weighted by molar-refractivity contribution is 9.10. The zero-order valence-electron chi connectivity index (χ0n) is 8.33. The third kappa shape index (κ3) is 5.09. The van der Waals surface area contributed by atoms with E-state index in [-0.39, 0.29) is 5.91 Å². The predicted molar refractivity (Wildman–Crippen MR) is 64.7 cm³/mol. The monoisotopic (exact) mass is 289 g/mol. The normalized spacial score (nSPS) is 12.1. The van der Waals surface area contributed by atoms with Gasteiger partial charge in [0.2, 0.25) is 5.91 Å². The Morgan fingerprint density at radius 1 is 1.40 bits per heavy atom. The predicted octanol–water partition coefficient (Wildman–Crippen LogP) is 1.79. The molecule has 0 heterocycles. The number of carbonyl (C=O) groups excluding carboxylic acids is 1. The molecule has 3 nitrogen and oxygen atoms in total. The van der Waals surface area contributed by atoms with Gasteiger partial charge in [-0.05, 0) is 24.1 Å². The molecule has 15 heavy (non-hydrogen) atoms. The molecule has 1 amide bonds. The molecule has 0 saturated carbocycles. The maximum Gasteiger partial charge on any atom is 0.231 e. The van der Waals surface area contributed by atoms with Crippen molar-refractivity contribution in [1.82, 2.24) is 4.72 Å². The van der Waals surface area contributed by atoms with Crippen molar-refractivity contribution in [2.24, 2.45) is 0 Å². The zero-order valence-corrected chi connectivity index (χ0v) is 10.7. The fourth-order valence-corrected chi connectivity index (χ4v) is 1.81. The number of amides is 1. The van der Waals surface area contributed by atoms with Gasteiger partial charge < -0.3 is 0 Å². The summed E-state index contributed by atoms with van der Waals surface area (Å²) in [4.78, 5) is 11.2. The van der Waals surface area contributed by atoms with Crippen molar-refractivity contribution in [2.45, 2.75) is 12.8 Å². The first-order chi connectivity index (χ1) is 7.08. The molecule has 1 atom stereocenters. The fourth-order valence-electron chi connectivity index (χ4n) is 1.12. The Balaban J connectivity index is 2.40. The lowest BCUT2D eigenvalue weighted by Crippen LogP contribution is -2.24. The van der Waals surface area contributed by atoms with Gasteiger partial charge in [0, 0.05) is 17.1 Å². The Labute approximate surface area is 100.0 Å². The topological polar surface area (TPSA) is 46.2 Å². The molecule has 1 aromatic rings. The standard InChI is InChI=1S/C10H12BrNO2S/c1-15(14)12-10(13)7-4-8-2-5-9(11)6-3-8/h2-3,5-6H,4,7H2,1H3,(H,12,13). The molecule has 1 aromatic carbocycles. The van der Waals surface area contributed by atoms with Crippen LogP contribution >= 0.6 is 15.9 Å². The molecule has 0 spiro atoms. The van der Waals surface area contributed by atoms with Crippen LogP contribution in [0, 0.1) is 0 Å². The quantitative estimate of drug-likeness (QED) is 0.919. The highest BCUT2D eigenvalue weighted by atomic mass is 79.9. The summed E-state index contributed by atoms with van der Waals surface area (Å²) < 4.78 is 14.1. The molecule has 1 rings (SSSR count). The van der Waals surface area contributed by atoms with Gasteiger partial charge in [-0.1, -0.05) is 28.1 Å². The Morgan fingerprint density at radius 2 is 2.00 bits per heavy atom. The molecular formula is C10H12BrNO2S. The average Bonchev–Trinajstić information content (AvgIpc) is 2.16. The molecule has 0 aromatic heterocycles. The van der Waals surface area contributed by atoms with E-state index in [9.17, 15) is 9.00 Å². The van der Waals surface area contributed by atoms with Crippen LogP contribution in [-0.4, -0.2) is 16.4 Å². The van der Waals surface area contributed by atoms with Gasteiger partial charge in [0.05, 0.1) is 0 Å². The van der Waals surface area contributed by atoms with E-state index in [4.69, 9.17) is 0 Å². The van der Waals surface area contributed by atoms with Gasteiger partial charge in [0.1, 0.15) is 11.0 Å². The maximum absolute atomic E-state index is 11.2. The van der Waals surface area contributed by atoms with Gasteiger partial charge in [-0.2, -0.15) is 0 Å². The van der Waals surface area contributed by atoms with Gasteiger partial charge >= 0.3 is 0 Å². The molecule has 82 valence electrons. The fraction of sp³-hybridized carbons (Fsp3) is 0.300. The lowest BCUT2D eigenvalue weighted by molar-refractivity contribution is -0.119. The van der Waals surface area contributed by atoms with E-state index in [1.807, 2.05) is 24.3 Å². The SMILES string of the molecule is CS(=O)NC(=O)CCc1ccc(Br)cc1. The van der Waals surface area contributed by atoms with Crippen LogP contribution in [0.3, 0.4) is 0 Å². The third-order valence-corrected chi connectivity index (χ3v) is 2.86. The smallest absolute Gasteiger partial charge is 0.231 e. The lowest BCUT2D eigenvalue weighted by Gasteiger charge is -2.02. The second-order valence-electron chi connectivity index (χ2n) is 3.11. The highest BCUT2D eigenvalue weighted by Crippen LogP contribution is 2.11. The lowest BCUT2D eigenvalue weighted by atomic mass is 10.1. The highest BCUT2D eigenvalue weighted by Gasteiger charge is 2.02. The van der Waals surface area contributed by atoms with Crippen LogP contribution in [0.25, 0.3) is 0 Å². The van der Waals surface area contributed by atoms with Crippen molar-refractivity contribution in [3.63, 3.8) is 0 Å². The van der Waals surface area contributed by atoms with Crippen LogP contribution in [0.5, 0.6) is 0 Å². The van der Waals surface area contributed by atoms with E-state index in [1.165, 1.54) is 6.26 Å². The van der Waals surface area contributed by atoms with Crippen LogP contribution in [0.4, 0.5) is 0 Å². The third-order valence-electron chi connectivity index (χ3n) is 1.81. The number of aryl methyl sites for hydroxylation is 1. The molecule has 0 fully saturated rings. The molecule has 0 aliphatic carbocycles. The number of rotatable bonds is 4.